The van der Waals surface area contributed by atoms with Crippen molar-refractivity contribution in [2.24, 2.45) is 5.10 Å². The molecule has 0 fully saturated rings. The van der Waals surface area contributed by atoms with Gasteiger partial charge in [0, 0.05) is 10.6 Å². The summed E-state index contributed by atoms with van der Waals surface area (Å²) in [5, 5.41) is 23.8. The summed E-state index contributed by atoms with van der Waals surface area (Å²) in [4.78, 5) is 10.2. The zero-order valence-corrected chi connectivity index (χ0v) is 16.3. The normalized spacial score (nSPS) is 11.1. The van der Waals surface area contributed by atoms with E-state index in [1.54, 1.807) is 17.6 Å². The topological polar surface area (TPSA) is 103 Å². The van der Waals surface area contributed by atoms with Gasteiger partial charge in [-0.1, -0.05) is 48.2 Å². The highest BCUT2D eigenvalue weighted by molar-refractivity contribution is 7.98. The van der Waals surface area contributed by atoms with Crippen molar-refractivity contribution in [2.75, 3.05) is 5.43 Å². The summed E-state index contributed by atoms with van der Waals surface area (Å²) >= 11 is 3.12. The molecule has 9 heteroatoms. The lowest BCUT2D eigenvalue weighted by molar-refractivity contribution is 0.973. The molecule has 0 aliphatic heterocycles. The van der Waals surface area contributed by atoms with Gasteiger partial charge in [0.05, 0.1) is 29.8 Å². The van der Waals surface area contributed by atoms with E-state index in [1.165, 1.54) is 17.3 Å². The van der Waals surface area contributed by atoms with Crippen LogP contribution >= 0.6 is 23.1 Å². The summed E-state index contributed by atoms with van der Waals surface area (Å²) in [6.07, 6.45) is 1.93. The molecule has 0 amide bonds. The van der Waals surface area contributed by atoms with E-state index in [1.807, 2.05) is 35.7 Å². The molecular formula is C19H15N7S2. The van der Waals surface area contributed by atoms with Crippen LogP contribution in [0.3, 0.4) is 0 Å². The molecule has 3 heterocycles. The quantitative estimate of drug-likeness (QED) is 0.207. The third kappa shape index (κ3) is 4.19. The molecule has 3 aromatic heterocycles. The third-order valence-electron chi connectivity index (χ3n) is 3.84. The fourth-order valence-corrected chi connectivity index (χ4v) is 3.94. The number of nitrogens with one attached hydrogen (secondary N) is 2. The average Bonchev–Trinajstić information content (AvgIpc) is 3.38. The van der Waals surface area contributed by atoms with E-state index in [-0.39, 0.29) is 6.42 Å². The number of thiophene rings is 1. The van der Waals surface area contributed by atoms with E-state index >= 15 is 0 Å². The maximum Gasteiger partial charge on any atom is 0.192 e. The van der Waals surface area contributed by atoms with Crippen LogP contribution in [0, 0.1) is 11.3 Å². The number of anilines is 1. The molecule has 0 radical (unpaired) electrons. The molecule has 4 aromatic rings. The van der Waals surface area contributed by atoms with Crippen LogP contribution in [0.5, 0.6) is 0 Å². The Morgan fingerprint density at radius 1 is 1.21 bits per heavy atom. The Bertz CT molecular complexity index is 1130. The van der Waals surface area contributed by atoms with Crippen molar-refractivity contribution in [3.63, 3.8) is 0 Å². The molecule has 7 nitrogen and oxygen atoms in total. The molecule has 0 unspecified atom stereocenters. The lowest BCUT2D eigenvalue weighted by atomic mass is 10.2. The van der Waals surface area contributed by atoms with Crippen LogP contribution in [-0.4, -0.2) is 26.4 Å². The van der Waals surface area contributed by atoms with E-state index < -0.39 is 0 Å². The number of aromatic amines is 1. The van der Waals surface area contributed by atoms with Crippen molar-refractivity contribution in [3.8, 4) is 6.07 Å². The number of hydrazone groups is 1. The number of H-pyrrole nitrogens is 1. The van der Waals surface area contributed by atoms with Gasteiger partial charge in [-0.05, 0) is 17.0 Å². The van der Waals surface area contributed by atoms with Crippen molar-refractivity contribution in [1.29, 1.82) is 5.26 Å². The monoisotopic (exact) mass is 405 g/mol. The summed E-state index contributed by atoms with van der Waals surface area (Å²) in [6.45, 7) is 0. The van der Waals surface area contributed by atoms with Gasteiger partial charge >= 0.3 is 0 Å². The number of nitriles is 1. The van der Waals surface area contributed by atoms with Gasteiger partial charge in [0.1, 0.15) is 0 Å². The first-order chi connectivity index (χ1) is 13.8. The number of fused-ring (bicyclic) bond motifs is 1. The molecule has 1 aromatic carbocycles. The Hall–Kier alpha value is -3.22. The third-order valence-corrected chi connectivity index (χ3v) is 5.57. The van der Waals surface area contributed by atoms with Crippen LogP contribution in [0.25, 0.3) is 11.0 Å². The Morgan fingerprint density at radius 2 is 2.11 bits per heavy atom. The Labute approximate surface area is 169 Å². The molecule has 0 saturated carbocycles. The first-order valence-corrected chi connectivity index (χ1v) is 10.3. The highest BCUT2D eigenvalue weighted by atomic mass is 32.2. The standard InChI is InChI=1S/C19H15N7S2/c20-9-8-15-16-17(25-21-11-14-7-4-10-27-14)22-19(23-18(16)26-24-15)28-12-13-5-2-1-3-6-13/h1-7,10-11H,8,12H2,(H2,22,23,24,25,26)/b21-11+. The van der Waals surface area contributed by atoms with Gasteiger partial charge in [-0.2, -0.15) is 15.5 Å². The van der Waals surface area contributed by atoms with Gasteiger partial charge in [0.25, 0.3) is 0 Å². The van der Waals surface area contributed by atoms with Gasteiger partial charge in [0.15, 0.2) is 16.6 Å². The summed E-state index contributed by atoms with van der Waals surface area (Å²) in [5.74, 6) is 1.28. The first-order valence-electron chi connectivity index (χ1n) is 8.45. The largest absolute Gasteiger partial charge is 0.279 e. The molecular weight excluding hydrogens is 390 g/mol. The van der Waals surface area contributed by atoms with Crippen molar-refractivity contribution in [2.45, 2.75) is 17.3 Å². The van der Waals surface area contributed by atoms with Crippen molar-refractivity contribution < 1.29 is 0 Å². The summed E-state index contributed by atoms with van der Waals surface area (Å²) in [7, 11) is 0. The lowest BCUT2D eigenvalue weighted by Crippen LogP contribution is -1.99. The second kappa shape index (κ2) is 8.65. The average molecular weight is 406 g/mol. The van der Waals surface area contributed by atoms with Crippen molar-refractivity contribution in [3.05, 3.63) is 64.0 Å². The Morgan fingerprint density at radius 3 is 2.89 bits per heavy atom. The maximum absolute atomic E-state index is 9.06. The Balaban J connectivity index is 1.63. The fraction of sp³-hybridized carbons (Fsp3) is 0.105. The summed E-state index contributed by atoms with van der Waals surface area (Å²) in [6, 6.07) is 16.2. The summed E-state index contributed by atoms with van der Waals surface area (Å²) in [5.41, 5.74) is 5.37. The minimum absolute atomic E-state index is 0.194. The Kier molecular flexibility index (Phi) is 5.61. The van der Waals surface area contributed by atoms with Crippen LogP contribution in [-0.2, 0) is 12.2 Å². The van der Waals surface area contributed by atoms with E-state index in [2.05, 4.69) is 48.9 Å². The number of rotatable bonds is 7. The van der Waals surface area contributed by atoms with Crippen molar-refractivity contribution in [1.82, 2.24) is 20.2 Å². The van der Waals surface area contributed by atoms with Gasteiger partial charge in [-0.25, -0.2) is 9.97 Å². The number of hydrogen-bond donors (Lipinski definition) is 2. The minimum Gasteiger partial charge on any atom is -0.279 e. The SMILES string of the molecule is N#CCc1[nH]nc2nc(SCc3ccccc3)nc(N/N=C/c3cccs3)c12. The second-order valence-corrected chi connectivity index (χ2v) is 7.67. The second-order valence-electron chi connectivity index (χ2n) is 5.75. The van der Waals surface area contributed by atoms with Crippen LogP contribution in [0.4, 0.5) is 5.82 Å². The molecule has 2 N–H and O–H groups in total. The minimum atomic E-state index is 0.194. The van der Waals surface area contributed by atoms with Crippen LogP contribution in [0.1, 0.15) is 16.1 Å². The highest BCUT2D eigenvalue weighted by Crippen LogP contribution is 2.27. The van der Waals surface area contributed by atoms with E-state index in [4.69, 9.17) is 5.26 Å². The fourth-order valence-electron chi connectivity index (χ4n) is 2.56. The zero-order valence-electron chi connectivity index (χ0n) is 14.7. The van der Waals surface area contributed by atoms with E-state index in [9.17, 15) is 0 Å². The molecule has 138 valence electrons. The number of nitrogens with zero attached hydrogens (tertiary/aromatic N) is 5. The van der Waals surface area contributed by atoms with E-state index in [0.717, 1.165) is 10.6 Å². The van der Waals surface area contributed by atoms with Gasteiger partial charge < -0.3 is 0 Å². The molecule has 0 bridgehead atoms. The summed E-state index contributed by atoms with van der Waals surface area (Å²) < 4.78 is 0. The van der Waals surface area contributed by atoms with Gasteiger partial charge in [-0.15, -0.1) is 11.3 Å². The number of thioether (sulfide) groups is 1. The predicted octanol–water partition coefficient (Wildman–Crippen LogP) is 4.22. The van der Waals surface area contributed by atoms with Crippen LogP contribution < -0.4 is 5.43 Å². The van der Waals surface area contributed by atoms with Crippen LogP contribution in [0.15, 0.2) is 58.1 Å². The van der Waals surface area contributed by atoms with Crippen molar-refractivity contribution >= 4 is 46.2 Å². The molecule has 0 aliphatic carbocycles. The predicted molar refractivity (Wildman–Crippen MR) is 113 cm³/mol. The number of aromatic nitrogens is 4. The molecule has 4 rings (SSSR count). The molecule has 0 aliphatic rings. The molecule has 0 atom stereocenters. The van der Waals surface area contributed by atoms with E-state index in [0.29, 0.717) is 27.7 Å². The molecule has 0 saturated heterocycles. The van der Waals surface area contributed by atoms with Gasteiger partial charge in [0.2, 0.25) is 0 Å². The molecule has 28 heavy (non-hydrogen) atoms. The first kappa shape index (κ1) is 18.2. The smallest absolute Gasteiger partial charge is 0.192 e. The lowest BCUT2D eigenvalue weighted by Gasteiger charge is -2.06. The molecule has 0 spiro atoms. The van der Waals surface area contributed by atoms with Gasteiger partial charge in [-0.3, -0.25) is 10.5 Å². The number of benzene rings is 1. The zero-order chi connectivity index (χ0) is 19.2. The maximum atomic E-state index is 9.06. The number of hydrogen-bond acceptors (Lipinski definition) is 8. The highest BCUT2D eigenvalue weighted by Gasteiger charge is 2.15. The van der Waals surface area contributed by atoms with Crippen LogP contribution in [0.2, 0.25) is 0 Å².